The van der Waals surface area contributed by atoms with Crippen LogP contribution in [0.2, 0.25) is 0 Å². The van der Waals surface area contributed by atoms with Gasteiger partial charge in [-0.05, 0) is 49.2 Å². The number of piperazine rings is 1. The van der Waals surface area contributed by atoms with Gasteiger partial charge in [0, 0.05) is 51.0 Å². The first-order chi connectivity index (χ1) is 19.3. The minimum Gasteiger partial charge on any atom is -0.368 e. The van der Waals surface area contributed by atoms with E-state index in [-0.39, 0.29) is 22.8 Å². The molecule has 7 nitrogen and oxygen atoms in total. The zero-order valence-corrected chi connectivity index (χ0v) is 25.0. The Kier molecular flexibility index (Phi) is 10.0. The largest absolute Gasteiger partial charge is 0.368 e. The lowest BCUT2D eigenvalue weighted by Crippen LogP contribution is -2.48. The molecule has 1 amide bonds. The molecule has 10 heteroatoms. The molecule has 2 aromatic rings. The summed E-state index contributed by atoms with van der Waals surface area (Å²) in [6.45, 7) is 7.16. The molecule has 2 saturated heterocycles. The minimum atomic E-state index is -0.358. The number of unbranched alkanes of at least 4 members (excludes halogenated alkanes) is 5. The zero-order valence-electron chi connectivity index (χ0n) is 23.4. The first kappa shape index (κ1) is 29.8. The highest BCUT2D eigenvalue weighted by Gasteiger charge is 2.33. The van der Waals surface area contributed by atoms with Crippen molar-refractivity contribution in [3.8, 4) is 6.07 Å². The number of amides is 1. The summed E-state index contributed by atoms with van der Waals surface area (Å²) in [5.41, 5.74) is 1.91. The summed E-state index contributed by atoms with van der Waals surface area (Å²) < 4.78 is 15.5. The summed E-state index contributed by atoms with van der Waals surface area (Å²) in [6, 6.07) is 8.51. The highest BCUT2D eigenvalue weighted by molar-refractivity contribution is 8.26. The molecule has 0 saturated carbocycles. The molecule has 0 aliphatic carbocycles. The molecule has 0 unspecified atom stereocenters. The standard InChI is InChI=1S/C30H36FN5O2S2/c1-4-5-6-7-8-9-14-36-29(38)26(40-30(36)39)19-24-21(2)25(20-32)28(37)33(3)27(24)35-17-15-34(16-18-35)23-12-10-22(31)11-13-23/h10-13,19H,4-9,14-18H2,1-3H3/b26-19-. The van der Waals surface area contributed by atoms with Crippen LogP contribution >= 0.6 is 24.0 Å². The number of benzene rings is 1. The molecule has 3 heterocycles. The van der Waals surface area contributed by atoms with Crippen molar-refractivity contribution in [3.63, 3.8) is 0 Å². The molecule has 0 spiro atoms. The van der Waals surface area contributed by atoms with E-state index in [9.17, 15) is 19.2 Å². The number of carbonyl (C=O) groups is 1. The predicted molar refractivity (Wildman–Crippen MR) is 165 cm³/mol. The first-order valence-corrected chi connectivity index (χ1v) is 15.1. The lowest BCUT2D eigenvalue weighted by Gasteiger charge is -2.38. The maximum atomic E-state index is 13.4. The molecular weight excluding hydrogens is 545 g/mol. The summed E-state index contributed by atoms with van der Waals surface area (Å²) in [5, 5.41) is 9.77. The summed E-state index contributed by atoms with van der Waals surface area (Å²) in [7, 11) is 1.67. The van der Waals surface area contributed by atoms with E-state index < -0.39 is 0 Å². The second-order valence-corrected chi connectivity index (χ2v) is 11.9. The van der Waals surface area contributed by atoms with Gasteiger partial charge in [-0.1, -0.05) is 63.0 Å². The van der Waals surface area contributed by atoms with E-state index in [1.165, 1.54) is 47.7 Å². The molecule has 40 heavy (non-hydrogen) atoms. The molecule has 0 N–H and O–H groups in total. The molecule has 0 radical (unpaired) electrons. The average Bonchev–Trinajstić information content (AvgIpc) is 3.22. The van der Waals surface area contributed by atoms with Crippen molar-refractivity contribution in [2.24, 2.45) is 7.05 Å². The minimum absolute atomic E-state index is 0.0741. The van der Waals surface area contributed by atoms with Crippen LogP contribution in [0.5, 0.6) is 0 Å². The number of nitrogens with zero attached hydrogens (tertiary/aromatic N) is 5. The first-order valence-electron chi connectivity index (χ1n) is 13.9. The number of nitriles is 1. The van der Waals surface area contributed by atoms with Crippen LogP contribution in [-0.2, 0) is 11.8 Å². The highest BCUT2D eigenvalue weighted by Crippen LogP contribution is 2.36. The van der Waals surface area contributed by atoms with Crippen LogP contribution < -0.4 is 15.4 Å². The Bertz CT molecular complexity index is 1390. The lowest BCUT2D eigenvalue weighted by molar-refractivity contribution is -0.122. The summed E-state index contributed by atoms with van der Waals surface area (Å²) in [5.74, 6) is 0.288. The van der Waals surface area contributed by atoms with Crippen LogP contribution in [0.25, 0.3) is 6.08 Å². The molecule has 1 aromatic heterocycles. The molecule has 212 valence electrons. The van der Waals surface area contributed by atoms with Crippen molar-refractivity contribution >= 4 is 51.8 Å². The van der Waals surface area contributed by atoms with Crippen molar-refractivity contribution in [2.45, 2.75) is 52.4 Å². The fraction of sp³-hybridized carbons (Fsp3) is 0.467. The third-order valence-corrected chi connectivity index (χ3v) is 9.00. The van der Waals surface area contributed by atoms with E-state index in [4.69, 9.17) is 12.2 Å². The Morgan fingerprint density at radius 1 is 1.02 bits per heavy atom. The molecule has 0 atom stereocenters. The van der Waals surface area contributed by atoms with Crippen molar-refractivity contribution in [2.75, 3.05) is 42.5 Å². The zero-order chi connectivity index (χ0) is 28.8. The van der Waals surface area contributed by atoms with Crippen LogP contribution in [0.15, 0.2) is 34.0 Å². The SMILES string of the molecule is CCCCCCCCN1C(=O)/C(=C/c2c(C)c(C#N)c(=O)n(C)c2N2CCN(c3ccc(F)cc3)CC2)SC1=S. The molecule has 2 aliphatic heterocycles. The number of pyridine rings is 1. The Morgan fingerprint density at radius 3 is 2.30 bits per heavy atom. The number of thioether (sulfide) groups is 1. The maximum absolute atomic E-state index is 13.4. The fourth-order valence-electron chi connectivity index (χ4n) is 5.30. The third-order valence-electron chi connectivity index (χ3n) is 7.62. The van der Waals surface area contributed by atoms with Crippen LogP contribution in [0, 0.1) is 24.1 Å². The number of hydrogen-bond acceptors (Lipinski definition) is 7. The maximum Gasteiger partial charge on any atom is 0.270 e. The molecule has 2 fully saturated rings. The Balaban J connectivity index is 1.59. The van der Waals surface area contributed by atoms with Gasteiger partial charge in [-0.25, -0.2) is 4.39 Å². The second-order valence-electron chi connectivity index (χ2n) is 10.3. The van der Waals surface area contributed by atoms with Gasteiger partial charge >= 0.3 is 0 Å². The normalized spacial score (nSPS) is 16.8. The van der Waals surface area contributed by atoms with E-state index in [0.717, 1.165) is 24.9 Å². The molecule has 0 bridgehead atoms. The van der Waals surface area contributed by atoms with Gasteiger partial charge in [-0.3, -0.25) is 19.1 Å². The number of carbonyl (C=O) groups excluding carboxylic acids is 1. The van der Waals surface area contributed by atoms with Crippen LogP contribution in [0.1, 0.15) is 62.1 Å². The van der Waals surface area contributed by atoms with Gasteiger partial charge in [-0.15, -0.1) is 0 Å². The number of hydrogen-bond donors (Lipinski definition) is 0. The van der Waals surface area contributed by atoms with Gasteiger partial charge in [-0.2, -0.15) is 5.26 Å². The van der Waals surface area contributed by atoms with E-state index in [1.54, 1.807) is 37.1 Å². The van der Waals surface area contributed by atoms with Gasteiger partial charge in [0.25, 0.3) is 11.5 Å². The summed E-state index contributed by atoms with van der Waals surface area (Å²) >= 11 is 6.84. The highest BCUT2D eigenvalue weighted by atomic mass is 32.2. The van der Waals surface area contributed by atoms with E-state index in [1.807, 2.05) is 0 Å². The van der Waals surface area contributed by atoms with Crippen LogP contribution in [0.4, 0.5) is 15.9 Å². The number of rotatable bonds is 10. The smallest absolute Gasteiger partial charge is 0.270 e. The predicted octanol–water partition coefficient (Wildman–Crippen LogP) is 5.59. The van der Waals surface area contributed by atoms with Crippen molar-refractivity contribution < 1.29 is 9.18 Å². The van der Waals surface area contributed by atoms with Gasteiger partial charge in [0.05, 0.1) is 4.91 Å². The molecule has 4 rings (SSSR count). The summed E-state index contributed by atoms with van der Waals surface area (Å²) in [6.07, 6.45) is 8.58. The molecular formula is C30H36FN5O2S2. The lowest BCUT2D eigenvalue weighted by atomic mass is 10.0. The number of thiocarbonyl (C=S) groups is 1. The fourth-order valence-corrected chi connectivity index (χ4v) is 6.59. The van der Waals surface area contributed by atoms with Gasteiger partial charge in [0.1, 0.15) is 27.6 Å². The Morgan fingerprint density at radius 2 is 1.65 bits per heavy atom. The van der Waals surface area contributed by atoms with Crippen molar-refractivity contribution in [3.05, 3.63) is 62.0 Å². The van der Waals surface area contributed by atoms with Crippen molar-refractivity contribution in [1.82, 2.24) is 9.47 Å². The second kappa shape index (κ2) is 13.5. The molecule has 2 aliphatic rings. The van der Waals surface area contributed by atoms with Crippen LogP contribution in [-0.4, -0.2) is 52.4 Å². The Hall–Kier alpha value is -3.16. The number of anilines is 2. The van der Waals surface area contributed by atoms with Gasteiger partial charge in [0.15, 0.2) is 0 Å². The number of aromatic nitrogens is 1. The average molecular weight is 582 g/mol. The van der Waals surface area contributed by atoms with Crippen LogP contribution in [0.3, 0.4) is 0 Å². The monoisotopic (exact) mass is 581 g/mol. The number of halogens is 1. The molecule has 1 aromatic carbocycles. The summed E-state index contributed by atoms with van der Waals surface area (Å²) in [4.78, 5) is 33.0. The quantitative estimate of drug-likeness (QED) is 0.206. The topological polar surface area (TPSA) is 72.6 Å². The van der Waals surface area contributed by atoms with E-state index >= 15 is 0 Å². The Labute approximate surface area is 245 Å². The van der Waals surface area contributed by atoms with Crippen molar-refractivity contribution in [1.29, 1.82) is 5.26 Å². The van der Waals surface area contributed by atoms with E-state index in [0.29, 0.717) is 58.9 Å². The third kappa shape index (κ3) is 6.42. The van der Waals surface area contributed by atoms with Gasteiger partial charge < -0.3 is 9.80 Å². The van der Waals surface area contributed by atoms with Gasteiger partial charge in [0.2, 0.25) is 0 Å². The van der Waals surface area contributed by atoms with E-state index in [2.05, 4.69) is 22.8 Å².